The van der Waals surface area contributed by atoms with Gasteiger partial charge >= 0.3 is 0 Å². The van der Waals surface area contributed by atoms with E-state index in [0.29, 0.717) is 26.0 Å². The Morgan fingerprint density at radius 3 is 2.73 bits per heavy atom. The summed E-state index contributed by atoms with van der Waals surface area (Å²) in [6, 6.07) is 12.2. The third-order valence-electron chi connectivity index (χ3n) is 5.99. The van der Waals surface area contributed by atoms with Gasteiger partial charge in [-0.25, -0.2) is 4.98 Å². The van der Waals surface area contributed by atoms with Gasteiger partial charge in [0.15, 0.2) is 0 Å². The number of imidazole rings is 1. The van der Waals surface area contributed by atoms with E-state index in [0.717, 1.165) is 47.7 Å². The van der Waals surface area contributed by atoms with Gasteiger partial charge in [-0.2, -0.15) is 11.8 Å². The lowest BCUT2D eigenvalue weighted by molar-refractivity contribution is -0.123. The van der Waals surface area contributed by atoms with Gasteiger partial charge in [-0.15, -0.1) is 0 Å². The van der Waals surface area contributed by atoms with Crippen molar-refractivity contribution in [1.29, 1.82) is 0 Å². The van der Waals surface area contributed by atoms with Gasteiger partial charge < -0.3 is 19.2 Å². The first-order valence-corrected chi connectivity index (χ1v) is 11.8. The summed E-state index contributed by atoms with van der Waals surface area (Å²) in [7, 11) is 1.71. The van der Waals surface area contributed by atoms with Gasteiger partial charge in [0.1, 0.15) is 5.82 Å². The molecule has 1 amide bonds. The lowest BCUT2D eigenvalue weighted by Gasteiger charge is -2.38. The van der Waals surface area contributed by atoms with Crippen molar-refractivity contribution in [2.24, 2.45) is 0 Å². The topological polar surface area (TPSA) is 61.1 Å². The number of nitrogens with one attached hydrogen (secondary N) is 1. The Bertz CT molecular complexity index is 961. The molecule has 0 radical (unpaired) electrons. The van der Waals surface area contributed by atoms with E-state index in [2.05, 4.69) is 32.9 Å². The van der Waals surface area contributed by atoms with Crippen LogP contribution in [0, 0.1) is 0 Å². The molecule has 0 aliphatic carbocycles. The van der Waals surface area contributed by atoms with Crippen molar-refractivity contribution < 1.29 is 9.53 Å². The Kier molecular flexibility index (Phi) is 6.79. The van der Waals surface area contributed by atoms with Crippen molar-refractivity contribution in [3.63, 3.8) is 0 Å². The first-order valence-electron chi connectivity index (χ1n) is 10.6. The molecule has 160 valence electrons. The standard InChI is InChI=1S/C23H30N4O2S/c1-29-15-14-27-20-7-3-2-6-19(20)25-21(27)8-11-24-22(28)18-23(9-16-30-17-10-23)26-12-4-5-13-26/h2-7,12-13H,8-11,14-18H2,1H3,(H,24,28). The van der Waals surface area contributed by atoms with E-state index < -0.39 is 0 Å². The van der Waals surface area contributed by atoms with E-state index in [4.69, 9.17) is 9.72 Å². The monoisotopic (exact) mass is 426 g/mol. The number of nitrogens with zero attached hydrogens (tertiary/aromatic N) is 3. The Balaban J connectivity index is 1.40. The molecule has 3 aromatic rings. The van der Waals surface area contributed by atoms with Gasteiger partial charge in [0.2, 0.25) is 5.91 Å². The number of methoxy groups -OCH3 is 1. The fraction of sp³-hybridized carbons (Fsp3) is 0.478. The van der Waals surface area contributed by atoms with Crippen LogP contribution in [0.15, 0.2) is 48.8 Å². The summed E-state index contributed by atoms with van der Waals surface area (Å²) < 4.78 is 9.72. The number of carbonyl (C=O) groups is 1. The van der Waals surface area contributed by atoms with E-state index >= 15 is 0 Å². The lowest BCUT2D eigenvalue weighted by atomic mass is 9.87. The number of fused-ring (bicyclic) bond motifs is 1. The predicted octanol–water partition coefficient (Wildman–Crippen LogP) is 3.46. The quantitative estimate of drug-likeness (QED) is 0.569. The number of aromatic nitrogens is 3. The summed E-state index contributed by atoms with van der Waals surface area (Å²) in [6.07, 6.45) is 7.50. The maximum atomic E-state index is 12.9. The van der Waals surface area contributed by atoms with Crippen molar-refractivity contribution in [1.82, 2.24) is 19.4 Å². The number of rotatable bonds is 9. The molecule has 1 aromatic carbocycles. The van der Waals surface area contributed by atoms with Crippen LogP contribution >= 0.6 is 11.8 Å². The van der Waals surface area contributed by atoms with E-state index in [1.54, 1.807) is 7.11 Å². The zero-order valence-electron chi connectivity index (χ0n) is 17.5. The molecule has 3 heterocycles. The molecule has 0 saturated carbocycles. The maximum absolute atomic E-state index is 12.9. The molecular formula is C23H30N4O2S. The molecule has 4 rings (SSSR count). The predicted molar refractivity (Wildman–Crippen MR) is 122 cm³/mol. The highest BCUT2D eigenvalue weighted by Crippen LogP contribution is 2.36. The van der Waals surface area contributed by atoms with Crippen LogP contribution in [0.2, 0.25) is 0 Å². The van der Waals surface area contributed by atoms with Crippen molar-refractivity contribution in [3.8, 4) is 0 Å². The van der Waals surface area contributed by atoms with Crippen molar-refractivity contribution in [2.45, 2.75) is 37.8 Å². The number of amides is 1. The van der Waals surface area contributed by atoms with Gasteiger partial charge in [0, 0.05) is 39.0 Å². The summed E-state index contributed by atoms with van der Waals surface area (Å²) in [4.78, 5) is 17.6. The molecular weight excluding hydrogens is 396 g/mol. The number of thioether (sulfide) groups is 1. The van der Waals surface area contributed by atoms with Crippen LogP contribution in [0.4, 0.5) is 0 Å². The summed E-state index contributed by atoms with van der Waals surface area (Å²) in [6.45, 7) is 1.98. The van der Waals surface area contributed by atoms with Crippen molar-refractivity contribution in [2.75, 3.05) is 31.8 Å². The summed E-state index contributed by atoms with van der Waals surface area (Å²) in [5, 5.41) is 3.15. The van der Waals surface area contributed by atoms with Crippen LogP contribution in [0.1, 0.15) is 25.1 Å². The Morgan fingerprint density at radius 2 is 1.97 bits per heavy atom. The Hall–Kier alpha value is -2.25. The van der Waals surface area contributed by atoms with Gasteiger partial charge in [0.25, 0.3) is 0 Å². The second-order valence-electron chi connectivity index (χ2n) is 7.86. The number of benzene rings is 1. The van der Waals surface area contributed by atoms with Crippen molar-refractivity contribution in [3.05, 3.63) is 54.6 Å². The van der Waals surface area contributed by atoms with E-state index in [1.807, 2.05) is 42.1 Å². The summed E-state index contributed by atoms with van der Waals surface area (Å²) >= 11 is 1.98. The SMILES string of the molecule is COCCn1c(CCNC(=O)CC2(n3cccc3)CCSCC2)nc2ccccc21. The zero-order valence-corrected chi connectivity index (χ0v) is 18.4. The Morgan fingerprint density at radius 1 is 1.20 bits per heavy atom. The number of carbonyl (C=O) groups excluding carboxylic acids is 1. The van der Waals surface area contributed by atoms with Crippen LogP contribution in [-0.4, -0.2) is 51.8 Å². The smallest absolute Gasteiger partial charge is 0.222 e. The fourth-order valence-corrected chi connectivity index (χ4v) is 5.60. The second-order valence-corrected chi connectivity index (χ2v) is 9.09. The molecule has 0 atom stereocenters. The van der Waals surface area contributed by atoms with E-state index in [9.17, 15) is 4.79 Å². The number of ether oxygens (including phenoxy) is 1. The molecule has 6 nitrogen and oxygen atoms in total. The van der Waals surface area contributed by atoms with Crippen LogP contribution in [0.3, 0.4) is 0 Å². The van der Waals surface area contributed by atoms with E-state index in [1.165, 1.54) is 0 Å². The highest BCUT2D eigenvalue weighted by atomic mass is 32.2. The first-order chi connectivity index (χ1) is 14.7. The number of para-hydroxylation sites is 2. The summed E-state index contributed by atoms with van der Waals surface area (Å²) in [5.41, 5.74) is 2.01. The summed E-state index contributed by atoms with van der Waals surface area (Å²) in [5.74, 6) is 3.32. The second kappa shape index (κ2) is 9.71. The van der Waals surface area contributed by atoms with Crippen LogP contribution < -0.4 is 5.32 Å². The minimum absolute atomic E-state index is 0.0928. The molecule has 2 aromatic heterocycles. The van der Waals surface area contributed by atoms with Crippen LogP contribution in [0.25, 0.3) is 11.0 Å². The number of hydrogen-bond donors (Lipinski definition) is 1. The average molecular weight is 427 g/mol. The molecule has 30 heavy (non-hydrogen) atoms. The van der Waals surface area contributed by atoms with Gasteiger partial charge in [-0.05, 0) is 48.6 Å². The van der Waals surface area contributed by atoms with Gasteiger partial charge in [0.05, 0.1) is 29.6 Å². The Labute approximate surface area is 182 Å². The minimum atomic E-state index is -0.0928. The lowest BCUT2D eigenvalue weighted by Crippen LogP contribution is -2.42. The molecule has 1 saturated heterocycles. The van der Waals surface area contributed by atoms with Crippen molar-refractivity contribution >= 4 is 28.7 Å². The highest BCUT2D eigenvalue weighted by Gasteiger charge is 2.35. The van der Waals surface area contributed by atoms with Crippen LogP contribution in [0.5, 0.6) is 0 Å². The highest BCUT2D eigenvalue weighted by molar-refractivity contribution is 7.99. The fourth-order valence-electron chi connectivity index (χ4n) is 4.35. The third kappa shape index (κ3) is 4.57. The first kappa shape index (κ1) is 21.0. The normalized spacial score (nSPS) is 16.0. The van der Waals surface area contributed by atoms with Crippen LogP contribution in [-0.2, 0) is 28.0 Å². The number of hydrogen-bond acceptors (Lipinski definition) is 4. The molecule has 0 bridgehead atoms. The van der Waals surface area contributed by atoms with Gasteiger partial charge in [-0.1, -0.05) is 12.1 Å². The molecule has 1 aliphatic heterocycles. The minimum Gasteiger partial charge on any atom is -0.383 e. The maximum Gasteiger partial charge on any atom is 0.222 e. The van der Waals surface area contributed by atoms with Gasteiger partial charge in [-0.3, -0.25) is 4.79 Å². The third-order valence-corrected chi connectivity index (χ3v) is 6.97. The molecule has 1 aliphatic rings. The molecule has 0 spiro atoms. The van der Waals surface area contributed by atoms with E-state index in [-0.39, 0.29) is 11.4 Å². The zero-order chi connectivity index (χ0) is 20.8. The molecule has 1 N–H and O–H groups in total. The molecule has 1 fully saturated rings. The average Bonchev–Trinajstić information content (AvgIpc) is 3.42. The molecule has 0 unspecified atom stereocenters. The largest absolute Gasteiger partial charge is 0.383 e. The molecule has 7 heteroatoms.